The SMILES string of the molecule is O[SH]1C=C(F)c2c(Br)cccc21. The summed E-state index contributed by atoms with van der Waals surface area (Å²) in [6, 6.07) is 5.30. The fourth-order valence-corrected chi connectivity index (χ4v) is 3.07. The van der Waals surface area contributed by atoms with Crippen molar-refractivity contribution in [3.05, 3.63) is 33.6 Å². The highest BCUT2D eigenvalue weighted by molar-refractivity contribution is 9.10. The Hall–Kier alpha value is -0.320. The Morgan fingerprint density at radius 1 is 1.42 bits per heavy atom. The minimum atomic E-state index is -1.40. The van der Waals surface area contributed by atoms with Gasteiger partial charge in [0, 0.05) is 20.3 Å². The summed E-state index contributed by atoms with van der Waals surface area (Å²) in [5, 5.41) is 1.27. The zero-order chi connectivity index (χ0) is 8.72. The quantitative estimate of drug-likeness (QED) is 0.673. The molecule has 1 aromatic rings. The molecule has 1 nitrogen and oxygen atoms in total. The normalized spacial score (nSPS) is 23.6. The lowest BCUT2D eigenvalue weighted by molar-refractivity contribution is 0.655. The molecule has 0 spiro atoms. The van der Waals surface area contributed by atoms with Gasteiger partial charge in [0.25, 0.3) is 0 Å². The molecule has 1 aliphatic rings. The third kappa shape index (κ3) is 1.11. The molecular weight excluding hydrogens is 243 g/mol. The van der Waals surface area contributed by atoms with Crippen molar-refractivity contribution < 1.29 is 8.94 Å². The molecule has 0 aliphatic carbocycles. The molecule has 0 fully saturated rings. The Morgan fingerprint density at radius 3 is 2.83 bits per heavy atom. The molecule has 1 heterocycles. The molecule has 0 saturated heterocycles. The molecule has 1 aliphatic heterocycles. The van der Waals surface area contributed by atoms with Gasteiger partial charge in [-0.15, -0.1) is 0 Å². The minimum absolute atomic E-state index is 0.328. The van der Waals surface area contributed by atoms with Crippen LogP contribution in [0.15, 0.2) is 33.0 Å². The predicted octanol–water partition coefficient (Wildman–Crippen LogP) is 3.56. The van der Waals surface area contributed by atoms with Gasteiger partial charge in [-0.3, -0.25) is 0 Å². The minimum Gasteiger partial charge on any atom is -0.346 e. The average Bonchev–Trinajstić information content (AvgIpc) is 2.29. The zero-order valence-electron chi connectivity index (χ0n) is 5.96. The first kappa shape index (κ1) is 8.29. The van der Waals surface area contributed by atoms with E-state index in [1.807, 2.05) is 0 Å². The van der Waals surface area contributed by atoms with Gasteiger partial charge in [0.05, 0.1) is 0 Å². The highest BCUT2D eigenvalue weighted by Gasteiger charge is 2.21. The lowest BCUT2D eigenvalue weighted by Crippen LogP contribution is -1.81. The highest BCUT2D eigenvalue weighted by atomic mass is 79.9. The van der Waals surface area contributed by atoms with Crippen LogP contribution in [0.2, 0.25) is 0 Å². The summed E-state index contributed by atoms with van der Waals surface area (Å²) in [5.74, 6) is -0.328. The lowest BCUT2D eigenvalue weighted by Gasteiger charge is -2.06. The maximum absolute atomic E-state index is 13.1. The second-order valence-corrected chi connectivity index (χ2v) is 4.74. The van der Waals surface area contributed by atoms with Gasteiger partial charge in [0.1, 0.15) is 5.83 Å². The first-order chi connectivity index (χ1) is 5.70. The number of hydrogen-bond donors (Lipinski definition) is 2. The van der Waals surface area contributed by atoms with Crippen LogP contribution in [0.25, 0.3) is 5.83 Å². The molecule has 1 aromatic carbocycles. The predicted molar refractivity (Wildman–Crippen MR) is 53.1 cm³/mol. The molecule has 0 aromatic heterocycles. The van der Waals surface area contributed by atoms with Crippen LogP contribution in [0.1, 0.15) is 5.56 Å². The standard InChI is InChI=1S/C8H6BrFOS/c9-5-2-1-3-7-8(5)6(10)4-12(7)11/h1-4,11-12H. The summed E-state index contributed by atoms with van der Waals surface area (Å²) >= 11 is 1.83. The van der Waals surface area contributed by atoms with Crippen molar-refractivity contribution in [1.82, 2.24) is 0 Å². The summed E-state index contributed by atoms with van der Waals surface area (Å²) in [4.78, 5) is 0.692. The number of thiol groups is 1. The third-order valence-corrected chi connectivity index (χ3v) is 3.71. The monoisotopic (exact) mass is 248 g/mol. The molecule has 2 rings (SSSR count). The van der Waals surface area contributed by atoms with Gasteiger partial charge >= 0.3 is 0 Å². The molecular formula is C8H6BrFOS. The molecule has 1 unspecified atom stereocenters. The molecule has 0 bridgehead atoms. The van der Waals surface area contributed by atoms with Crippen molar-refractivity contribution >= 4 is 32.9 Å². The van der Waals surface area contributed by atoms with Crippen LogP contribution in [0.4, 0.5) is 4.39 Å². The van der Waals surface area contributed by atoms with Crippen molar-refractivity contribution in [3.8, 4) is 0 Å². The molecule has 0 amide bonds. The Bertz CT molecular complexity index is 364. The first-order valence-electron chi connectivity index (χ1n) is 3.34. The molecule has 12 heavy (non-hydrogen) atoms. The van der Waals surface area contributed by atoms with Crippen LogP contribution in [-0.4, -0.2) is 4.55 Å². The fraction of sp³-hybridized carbons (Fsp3) is 0. The molecule has 4 heteroatoms. The van der Waals surface area contributed by atoms with Gasteiger partial charge in [0.2, 0.25) is 0 Å². The van der Waals surface area contributed by atoms with Crippen LogP contribution >= 0.6 is 27.1 Å². The van der Waals surface area contributed by atoms with Crippen molar-refractivity contribution in [2.24, 2.45) is 0 Å². The lowest BCUT2D eigenvalue weighted by atomic mass is 10.2. The second kappa shape index (κ2) is 2.87. The summed E-state index contributed by atoms with van der Waals surface area (Å²) in [6.07, 6.45) is 0. The number of halogens is 2. The molecule has 1 atom stereocenters. The van der Waals surface area contributed by atoms with E-state index in [4.69, 9.17) is 0 Å². The van der Waals surface area contributed by atoms with Gasteiger partial charge in [-0.1, -0.05) is 33.2 Å². The first-order valence-corrected chi connectivity index (χ1v) is 5.50. The Morgan fingerprint density at radius 2 is 2.17 bits per heavy atom. The van der Waals surface area contributed by atoms with Gasteiger partial charge in [-0.25, -0.2) is 4.39 Å². The summed E-state index contributed by atoms with van der Waals surface area (Å²) in [7, 11) is 0. The van der Waals surface area contributed by atoms with Crippen molar-refractivity contribution in [2.45, 2.75) is 4.90 Å². The second-order valence-electron chi connectivity index (χ2n) is 2.46. The average molecular weight is 249 g/mol. The van der Waals surface area contributed by atoms with Crippen molar-refractivity contribution in [2.75, 3.05) is 0 Å². The van der Waals surface area contributed by atoms with E-state index in [9.17, 15) is 8.94 Å². The van der Waals surface area contributed by atoms with Crippen LogP contribution < -0.4 is 0 Å². The number of hydrogen-bond acceptors (Lipinski definition) is 1. The summed E-state index contributed by atoms with van der Waals surface area (Å²) < 4.78 is 23.2. The summed E-state index contributed by atoms with van der Waals surface area (Å²) in [6.45, 7) is 0. The van der Waals surface area contributed by atoms with Crippen molar-refractivity contribution in [1.29, 1.82) is 0 Å². The fourth-order valence-electron chi connectivity index (χ4n) is 1.18. The maximum Gasteiger partial charge on any atom is 0.139 e. The number of fused-ring (bicyclic) bond motifs is 1. The summed E-state index contributed by atoms with van der Waals surface area (Å²) in [5.41, 5.74) is 0.506. The number of rotatable bonds is 0. The van der Waals surface area contributed by atoms with Gasteiger partial charge in [0.15, 0.2) is 0 Å². The van der Waals surface area contributed by atoms with Gasteiger partial charge in [-0.05, 0) is 12.1 Å². The zero-order valence-corrected chi connectivity index (χ0v) is 8.44. The van der Waals surface area contributed by atoms with E-state index in [2.05, 4.69) is 15.9 Å². The van der Waals surface area contributed by atoms with E-state index >= 15 is 0 Å². The van der Waals surface area contributed by atoms with E-state index < -0.39 is 11.2 Å². The topological polar surface area (TPSA) is 20.2 Å². The van der Waals surface area contributed by atoms with E-state index in [0.717, 1.165) is 0 Å². The molecule has 64 valence electrons. The Kier molecular flexibility index (Phi) is 1.98. The van der Waals surface area contributed by atoms with Crippen LogP contribution in [-0.2, 0) is 0 Å². The molecule has 0 radical (unpaired) electrons. The third-order valence-electron chi connectivity index (χ3n) is 1.71. The van der Waals surface area contributed by atoms with Crippen LogP contribution in [0.3, 0.4) is 0 Å². The van der Waals surface area contributed by atoms with Crippen LogP contribution in [0.5, 0.6) is 0 Å². The van der Waals surface area contributed by atoms with Gasteiger partial charge in [-0.2, -0.15) is 0 Å². The van der Waals surface area contributed by atoms with E-state index in [0.29, 0.717) is 14.9 Å². The Balaban J connectivity index is 2.68. The van der Waals surface area contributed by atoms with Crippen molar-refractivity contribution in [3.63, 3.8) is 0 Å². The van der Waals surface area contributed by atoms with E-state index in [1.165, 1.54) is 5.41 Å². The highest BCUT2D eigenvalue weighted by Crippen LogP contribution is 2.49. The molecule has 0 saturated carbocycles. The Labute approximate surface area is 80.6 Å². The largest absolute Gasteiger partial charge is 0.346 e. The van der Waals surface area contributed by atoms with Crippen LogP contribution in [0, 0.1) is 0 Å². The van der Waals surface area contributed by atoms with Gasteiger partial charge < -0.3 is 4.55 Å². The maximum atomic E-state index is 13.1. The molecule has 1 N–H and O–H groups in total. The van der Waals surface area contributed by atoms with E-state index in [-0.39, 0.29) is 5.83 Å². The number of benzene rings is 1. The smallest absolute Gasteiger partial charge is 0.139 e. The van der Waals surface area contributed by atoms with E-state index in [1.54, 1.807) is 18.2 Å².